The molecule has 2 aromatic rings. The first-order valence-electron chi connectivity index (χ1n) is 9.62. The molecule has 5 heteroatoms. The number of hydrogen-bond acceptors (Lipinski definition) is 4. The second-order valence-corrected chi connectivity index (χ2v) is 7.65. The monoisotopic (exact) mass is 376 g/mol. The highest BCUT2D eigenvalue weighted by atomic mass is 16.5. The van der Waals surface area contributed by atoms with Gasteiger partial charge in [-0.05, 0) is 41.7 Å². The van der Waals surface area contributed by atoms with E-state index in [0.29, 0.717) is 30.3 Å². The standard InChI is InChI=1S/C23H24N2O3/c1-15(2)14-28-18-10-8-17(9-11-18)20-21(23(27)24(3)22(20)26)25-13-12-16-6-4-5-7-19(16)25/h4-11,15H,12-14H2,1-3H3. The van der Waals surface area contributed by atoms with E-state index in [2.05, 4.69) is 19.9 Å². The molecule has 0 unspecified atom stereocenters. The molecule has 0 saturated heterocycles. The number of imide groups is 1. The molecule has 0 atom stereocenters. The summed E-state index contributed by atoms with van der Waals surface area (Å²) in [5.41, 5.74) is 3.86. The zero-order valence-corrected chi connectivity index (χ0v) is 16.4. The highest BCUT2D eigenvalue weighted by Crippen LogP contribution is 2.38. The van der Waals surface area contributed by atoms with E-state index in [-0.39, 0.29) is 11.8 Å². The molecule has 2 heterocycles. The first-order chi connectivity index (χ1) is 13.5. The minimum Gasteiger partial charge on any atom is -0.493 e. The molecular formula is C23H24N2O3. The van der Waals surface area contributed by atoms with Crippen LogP contribution in [-0.2, 0) is 16.0 Å². The average Bonchev–Trinajstić information content (AvgIpc) is 3.21. The summed E-state index contributed by atoms with van der Waals surface area (Å²) in [5, 5.41) is 0. The summed E-state index contributed by atoms with van der Waals surface area (Å²) in [6.07, 6.45) is 0.861. The van der Waals surface area contributed by atoms with Gasteiger partial charge in [0.15, 0.2) is 0 Å². The second kappa shape index (κ2) is 7.15. The molecule has 0 aromatic heterocycles. The molecule has 0 spiro atoms. The zero-order chi connectivity index (χ0) is 19.8. The normalized spacial score (nSPS) is 16.4. The Morgan fingerprint density at radius 1 is 1.00 bits per heavy atom. The lowest BCUT2D eigenvalue weighted by molar-refractivity contribution is -0.135. The third-order valence-electron chi connectivity index (χ3n) is 5.15. The van der Waals surface area contributed by atoms with Crippen LogP contribution in [0.2, 0.25) is 0 Å². The number of nitrogens with zero attached hydrogens (tertiary/aromatic N) is 2. The number of anilines is 1. The van der Waals surface area contributed by atoms with Gasteiger partial charge < -0.3 is 9.64 Å². The first-order valence-corrected chi connectivity index (χ1v) is 9.62. The van der Waals surface area contributed by atoms with Gasteiger partial charge in [0.05, 0.1) is 12.2 Å². The maximum absolute atomic E-state index is 12.9. The van der Waals surface area contributed by atoms with Gasteiger partial charge in [0, 0.05) is 19.3 Å². The molecule has 4 rings (SSSR count). The molecule has 2 aliphatic heterocycles. The van der Waals surface area contributed by atoms with E-state index in [1.807, 2.05) is 47.4 Å². The minimum absolute atomic E-state index is 0.253. The van der Waals surface area contributed by atoms with Gasteiger partial charge in [0.1, 0.15) is 11.4 Å². The minimum atomic E-state index is -0.264. The van der Waals surface area contributed by atoms with E-state index >= 15 is 0 Å². The Balaban J connectivity index is 1.74. The summed E-state index contributed by atoms with van der Waals surface area (Å²) >= 11 is 0. The maximum atomic E-state index is 12.9. The fourth-order valence-corrected chi connectivity index (χ4v) is 3.69. The van der Waals surface area contributed by atoms with Crippen LogP contribution in [0, 0.1) is 5.92 Å². The van der Waals surface area contributed by atoms with Crippen molar-refractivity contribution < 1.29 is 14.3 Å². The van der Waals surface area contributed by atoms with Crippen LogP contribution in [0.4, 0.5) is 5.69 Å². The highest BCUT2D eigenvalue weighted by Gasteiger charge is 2.41. The molecule has 28 heavy (non-hydrogen) atoms. The summed E-state index contributed by atoms with van der Waals surface area (Å²) in [6.45, 7) is 5.52. The van der Waals surface area contributed by atoms with Gasteiger partial charge in [-0.15, -0.1) is 0 Å². The Morgan fingerprint density at radius 3 is 2.43 bits per heavy atom. The Bertz CT molecular complexity index is 960. The van der Waals surface area contributed by atoms with Crippen molar-refractivity contribution in [3.63, 3.8) is 0 Å². The summed E-state index contributed by atoms with van der Waals surface area (Å²) < 4.78 is 5.74. The molecule has 0 N–H and O–H groups in total. The van der Waals surface area contributed by atoms with Crippen LogP contribution in [-0.4, -0.2) is 36.9 Å². The van der Waals surface area contributed by atoms with Gasteiger partial charge in [-0.25, -0.2) is 0 Å². The number of hydrogen-bond donors (Lipinski definition) is 0. The number of benzene rings is 2. The number of rotatable bonds is 5. The molecule has 144 valence electrons. The fourth-order valence-electron chi connectivity index (χ4n) is 3.69. The predicted octanol–water partition coefficient (Wildman–Crippen LogP) is 3.49. The Kier molecular flexibility index (Phi) is 4.67. The van der Waals surface area contributed by atoms with Crippen LogP contribution in [0.25, 0.3) is 5.57 Å². The molecule has 0 fully saturated rings. The maximum Gasteiger partial charge on any atom is 0.277 e. The number of para-hydroxylation sites is 1. The number of ether oxygens (including phenoxy) is 1. The van der Waals surface area contributed by atoms with Crippen molar-refractivity contribution in [1.82, 2.24) is 4.90 Å². The van der Waals surface area contributed by atoms with Crippen LogP contribution >= 0.6 is 0 Å². The van der Waals surface area contributed by atoms with Crippen LogP contribution in [0.5, 0.6) is 5.75 Å². The Labute approximate surface area is 165 Å². The van der Waals surface area contributed by atoms with E-state index in [0.717, 1.165) is 23.4 Å². The van der Waals surface area contributed by atoms with Crippen molar-refractivity contribution in [2.45, 2.75) is 20.3 Å². The smallest absolute Gasteiger partial charge is 0.277 e. The molecule has 5 nitrogen and oxygen atoms in total. The van der Waals surface area contributed by atoms with Crippen LogP contribution in [0.3, 0.4) is 0 Å². The molecule has 0 saturated carbocycles. The average molecular weight is 376 g/mol. The summed E-state index contributed by atoms with van der Waals surface area (Å²) in [7, 11) is 1.54. The zero-order valence-electron chi connectivity index (χ0n) is 16.4. The van der Waals surface area contributed by atoms with Crippen molar-refractivity contribution in [1.29, 1.82) is 0 Å². The van der Waals surface area contributed by atoms with Crippen molar-refractivity contribution in [2.24, 2.45) is 5.92 Å². The molecule has 0 radical (unpaired) electrons. The molecule has 0 aliphatic carbocycles. The van der Waals surface area contributed by atoms with E-state index in [9.17, 15) is 9.59 Å². The number of carbonyl (C=O) groups excluding carboxylic acids is 2. The van der Waals surface area contributed by atoms with Gasteiger partial charge in [-0.1, -0.05) is 44.2 Å². The number of carbonyl (C=O) groups is 2. The molecular weight excluding hydrogens is 352 g/mol. The molecule has 2 aliphatic rings. The molecule has 0 bridgehead atoms. The second-order valence-electron chi connectivity index (χ2n) is 7.65. The van der Waals surface area contributed by atoms with Crippen LogP contribution in [0.1, 0.15) is 25.0 Å². The van der Waals surface area contributed by atoms with Crippen molar-refractivity contribution in [3.8, 4) is 5.75 Å². The quantitative estimate of drug-likeness (QED) is 0.750. The number of likely N-dealkylation sites (N-methyl/N-ethyl adjacent to an activating group) is 1. The lowest BCUT2D eigenvalue weighted by Gasteiger charge is -2.21. The van der Waals surface area contributed by atoms with Crippen molar-refractivity contribution in [3.05, 3.63) is 65.4 Å². The highest BCUT2D eigenvalue weighted by molar-refractivity contribution is 6.36. The lowest BCUT2D eigenvalue weighted by atomic mass is 10.0. The Morgan fingerprint density at radius 2 is 1.71 bits per heavy atom. The van der Waals surface area contributed by atoms with Crippen molar-refractivity contribution >= 4 is 23.1 Å². The van der Waals surface area contributed by atoms with Gasteiger partial charge >= 0.3 is 0 Å². The van der Waals surface area contributed by atoms with Gasteiger partial charge in [-0.2, -0.15) is 0 Å². The predicted molar refractivity (Wildman–Crippen MR) is 109 cm³/mol. The van der Waals surface area contributed by atoms with Crippen molar-refractivity contribution in [2.75, 3.05) is 25.1 Å². The fraction of sp³-hybridized carbons (Fsp3) is 0.304. The molecule has 2 aromatic carbocycles. The molecule has 2 amide bonds. The van der Waals surface area contributed by atoms with E-state index in [4.69, 9.17) is 4.74 Å². The summed E-state index contributed by atoms with van der Waals surface area (Å²) in [5.74, 6) is 0.681. The topological polar surface area (TPSA) is 49.9 Å². The van der Waals surface area contributed by atoms with Crippen LogP contribution < -0.4 is 9.64 Å². The third-order valence-corrected chi connectivity index (χ3v) is 5.15. The van der Waals surface area contributed by atoms with E-state index in [1.54, 1.807) is 7.05 Å². The largest absolute Gasteiger partial charge is 0.493 e. The summed E-state index contributed by atoms with van der Waals surface area (Å²) in [6, 6.07) is 15.5. The lowest BCUT2D eigenvalue weighted by Crippen LogP contribution is -2.31. The van der Waals surface area contributed by atoms with E-state index in [1.165, 1.54) is 10.5 Å². The Hall–Kier alpha value is -3.08. The van der Waals surface area contributed by atoms with E-state index < -0.39 is 0 Å². The van der Waals surface area contributed by atoms with Gasteiger partial charge in [-0.3, -0.25) is 14.5 Å². The third kappa shape index (κ3) is 3.07. The summed E-state index contributed by atoms with van der Waals surface area (Å²) in [4.78, 5) is 29.0. The first kappa shape index (κ1) is 18.3. The number of fused-ring (bicyclic) bond motifs is 1. The van der Waals surface area contributed by atoms with Gasteiger partial charge in [0.2, 0.25) is 0 Å². The van der Waals surface area contributed by atoms with Gasteiger partial charge in [0.25, 0.3) is 11.8 Å². The van der Waals surface area contributed by atoms with Crippen LogP contribution in [0.15, 0.2) is 54.2 Å². The number of amides is 2. The SMILES string of the molecule is CC(C)COc1ccc(C2=C(N3CCc4ccccc43)C(=O)N(C)C2=O)cc1.